The van der Waals surface area contributed by atoms with Gasteiger partial charge in [0.05, 0.1) is 27.3 Å². The van der Waals surface area contributed by atoms with Crippen molar-refractivity contribution in [3.05, 3.63) is 50.9 Å². The summed E-state index contributed by atoms with van der Waals surface area (Å²) >= 11 is 17.9. The fourth-order valence-corrected chi connectivity index (χ4v) is 3.42. The Labute approximate surface area is 171 Å². The molecule has 1 N–H and O–H groups in total. The van der Waals surface area contributed by atoms with Gasteiger partial charge in [-0.2, -0.15) is 0 Å². The van der Waals surface area contributed by atoms with E-state index in [2.05, 4.69) is 5.32 Å². The van der Waals surface area contributed by atoms with Crippen LogP contribution < -0.4 is 5.32 Å². The highest BCUT2D eigenvalue weighted by Crippen LogP contribution is 2.32. The standard InChI is InChI=1S/C18H18Cl3N3O3/c1-11-2-3-16(27-11)18(26)24-6-4-23(5-7-24)10-17(25)22-15-9-13(20)12(19)8-14(15)21/h2-3,8-9H,4-7,10H2,1H3,(H,22,25). The monoisotopic (exact) mass is 429 g/mol. The van der Waals surface area contributed by atoms with Crippen molar-refractivity contribution in [2.75, 3.05) is 38.0 Å². The van der Waals surface area contributed by atoms with Crippen LogP contribution in [0.25, 0.3) is 0 Å². The SMILES string of the molecule is Cc1ccc(C(=O)N2CCN(CC(=O)Nc3cc(Cl)c(Cl)cc3Cl)CC2)o1. The van der Waals surface area contributed by atoms with Crippen LogP contribution in [-0.4, -0.2) is 54.3 Å². The van der Waals surface area contributed by atoms with Crippen LogP contribution in [0.2, 0.25) is 15.1 Å². The number of halogens is 3. The Morgan fingerprint density at radius 2 is 1.70 bits per heavy atom. The smallest absolute Gasteiger partial charge is 0.289 e. The number of nitrogens with zero attached hydrogens (tertiary/aromatic N) is 2. The summed E-state index contributed by atoms with van der Waals surface area (Å²) in [6, 6.07) is 6.45. The molecule has 1 saturated heterocycles. The van der Waals surface area contributed by atoms with Gasteiger partial charge in [0.15, 0.2) is 5.76 Å². The number of anilines is 1. The quantitative estimate of drug-likeness (QED) is 0.746. The van der Waals surface area contributed by atoms with Crippen LogP contribution in [0.1, 0.15) is 16.3 Å². The third-order valence-corrected chi connectivity index (χ3v) is 5.30. The van der Waals surface area contributed by atoms with Gasteiger partial charge in [0.2, 0.25) is 5.91 Å². The molecular weight excluding hydrogens is 413 g/mol. The minimum atomic E-state index is -0.211. The molecule has 2 amide bonds. The maximum atomic E-state index is 12.4. The van der Waals surface area contributed by atoms with Crippen molar-refractivity contribution in [2.24, 2.45) is 0 Å². The number of piperazine rings is 1. The summed E-state index contributed by atoms with van der Waals surface area (Å²) in [5, 5.41) is 3.70. The van der Waals surface area contributed by atoms with Crippen LogP contribution in [0.4, 0.5) is 5.69 Å². The lowest BCUT2D eigenvalue weighted by Gasteiger charge is -2.33. The maximum absolute atomic E-state index is 12.4. The average Bonchev–Trinajstić information content (AvgIpc) is 3.06. The van der Waals surface area contributed by atoms with E-state index in [9.17, 15) is 9.59 Å². The predicted molar refractivity (Wildman–Crippen MR) is 106 cm³/mol. The first-order valence-corrected chi connectivity index (χ1v) is 9.49. The van der Waals surface area contributed by atoms with Crippen molar-refractivity contribution < 1.29 is 14.0 Å². The maximum Gasteiger partial charge on any atom is 0.289 e. The molecule has 1 aromatic carbocycles. The first-order valence-electron chi connectivity index (χ1n) is 8.36. The predicted octanol–water partition coefficient (Wildman–Crippen LogP) is 3.94. The van der Waals surface area contributed by atoms with Gasteiger partial charge in [-0.3, -0.25) is 14.5 Å². The summed E-state index contributed by atoms with van der Waals surface area (Å²) < 4.78 is 5.38. The molecule has 0 aliphatic carbocycles. The molecule has 0 unspecified atom stereocenters. The fourth-order valence-electron chi connectivity index (χ4n) is 2.83. The Bertz CT molecular complexity index is 861. The van der Waals surface area contributed by atoms with E-state index in [0.717, 1.165) is 0 Å². The van der Waals surface area contributed by atoms with Gasteiger partial charge in [-0.05, 0) is 31.2 Å². The number of furan rings is 1. The molecule has 2 heterocycles. The first kappa shape index (κ1) is 20.0. The average molecular weight is 431 g/mol. The number of amides is 2. The fraction of sp³-hybridized carbons (Fsp3) is 0.333. The van der Waals surface area contributed by atoms with Gasteiger partial charge < -0.3 is 14.6 Å². The zero-order chi connectivity index (χ0) is 19.6. The first-order chi connectivity index (χ1) is 12.8. The molecule has 0 saturated carbocycles. The number of aryl methyl sites for hydroxylation is 1. The van der Waals surface area contributed by atoms with Crippen LogP contribution in [0.5, 0.6) is 0 Å². The second-order valence-electron chi connectivity index (χ2n) is 6.27. The summed E-state index contributed by atoms with van der Waals surface area (Å²) in [7, 11) is 0. The highest BCUT2D eigenvalue weighted by Gasteiger charge is 2.25. The molecule has 2 aromatic rings. The lowest BCUT2D eigenvalue weighted by Crippen LogP contribution is -2.50. The zero-order valence-electron chi connectivity index (χ0n) is 14.6. The highest BCUT2D eigenvalue weighted by atomic mass is 35.5. The van der Waals surface area contributed by atoms with Crippen molar-refractivity contribution in [3.8, 4) is 0 Å². The van der Waals surface area contributed by atoms with Crippen molar-refractivity contribution in [1.29, 1.82) is 0 Å². The van der Waals surface area contributed by atoms with E-state index >= 15 is 0 Å². The number of carbonyl (C=O) groups is 2. The highest BCUT2D eigenvalue weighted by molar-refractivity contribution is 6.44. The van der Waals surface area contributed by atoms with Crippen LogP contribution in [-0.2, 0) is 4.79 Å². The van der Waals surface area contributed by atoms with E-state index in [1.807, 2.05) is 4.90 Å². The molecule has 0 atom stereocenters. The van der Waals surface area contributed by atoms with E-state index in [0.29, 0.717) is 58.5 Å². The molecule has 1 fully saturated rings. The molecule has 3 rings (SSSR count). The minimum absolute atomic E-state index is 0.130. The third kappa shape index (κ3) is 4.96. The molecule has 144 valence electrons. The number of hydrogen-bond donors (Lipinski definition) is 1. The molecule has 1 aliphatic heterocycles. The Morgan fingerprint density at radius 3 is 2.33 bits per heavy atom. The van der Waals surface area contributed by atoms with Gasteiger partial charge in [0.25, 0.3) is 5.91 Å². The van der Waals surface area contributed by atoms with Crippen LogP contribution >= 0.6 is 34.8 Å². The molecule has 0 bridgehead atoms. The summed E-state index contributed by atoms with van der Waals surface area (Å²) in [5.74, 6) is 0.703. The Morgan fingerprint density at radius 1 is 1.04 bits per heavy atom. The summed E-state index contributed by atoms with van der Waals surface area (Å²) in [6.07, 6.45) is 0. The van der Waals surface area contributed by atoms with Gasteiger partial charge in [0.1, 0.15) is 5.76 Å². The zero-order valence-corrected chi connectivity index (χ0v) is 16.9. The molecule has 6 nitrogen and oxygen atoms in total. The van der Waals surface area contributed by atoms with Crippen molar-refractivity contribution in [2.45, 2.75) is 6.92 Å². The van der Waals surface area contributed by atoms with Crippen molar-refractivity contribution >= 4 is 52.3 Å². The molecule has 9 heteroatoms. The van der Waals surface area contributed by atoms with E-state index < -0.39 is 0 Å². The number of benzene rings is 1. The van der Waals surface area contributed by atoms with Crippen molar-refractivity contribution in [3.63, 3.8) is 0 Å². The molecule has 27 heavy (non-hydrogen) atoms. The van der Waals surface area contributed by atoms with Crippen LogP contribution in [0.15, 0.2) is 28.7 Å². The number of nitrogens with one attached hydrogen (secondary N) is 1. The summed E-state index contributed by atoms with van der Waals surface area (Å²) in [5.41, 5.74) is 0.415. The Kier molecular flexibility index (Phi) is 6.32. The minimum Gasteiger partial charge on any atom is -0.456 e. The van der Waals surface area contributed by atoms with E-state index in [1.54, 1.807) is 24.0 Å². The number of hydrogen-bond acceptors (Lipinski definition) is 4. The van der Waals surface area contributed by atoms with Gasteiger partial charge >= 0.3 is 0 Å². The van der Waals surface area contributed by atoms with Crippen LogP contribution in [0, 0.1) is 6.92 Å². The lowest BCUT2D eigenvalue weighted by atomic mass is 10.2. The van der Waals surface area contributed by atoms with Gasteiger partial charge in [-0.15, -0.1) is 0 Å². The van der Waals surface area contributed by atoms with Gasteiger partial charge in [-0.25, -0.2) is 0 Å². The summed E-state index contributed by atoms with van der Waals surface area (Å²) in [4.78, 5) is 28.4. The molecular formula is C18H18Cl3N3O3. The van der Waals surface area contributed by atoms with Gasteiger partial charge in [-0.1, -0.05) is 34.8 Å². The number of rotatable bonds is 4. The van der Waals surface area contributed by atoms with Crippen LogP contribution in [0.3, 0.4) is 0 Å². The molecule has 1 aliphatic rings. The third-order valence-electron chi connectivity index (χ3n) is 4.26. The normalized spacial score (nSPS) is 15.0. The molecule has 0 radical (unpaired) electrons. The van der Waals surface area contributed by atoms with E-state index in [-0.39, 0.29) is 18.4 Å². The second kappa shape index (κ2) is 8.52. The molecule has 1 aromatic heterocycles. The Balaban J connectivity index is 1.51. The van der Waals surface area contributed by atoms with E-state index in [1.165, 1.54) is 12.1 Å². The van der Waals surface area contributed by atoms with E-state index in [4.69, 9.17) is 39.2 Å². The summed E-state index contributed by atoms with van der Waals surface area (Å²) in [6.45, 7) is 4.23. The second-order valence-corrected chi connectivity index (χ2v) is 7.49. The van der Waals surface area contributed by atoms with Gasteiger partial charge in [0, 0.05) is 26.2 Å². The molecule has 0 spiro atoms. The largest absolute Gasteiger partial charge is 0.456 e. The lowest BCUT2D eigenvalue weighted by molar-refractivity contribution is -0.117. The number of carbonyl (C=O) groups excluding carboxylic acids is 2. The topological polar surface area (TPSA) is 65.8 Å². The van der Waals surface area contributed by atoms with Crippen molar-refractivity contribution in [1.82, 2.24) is 9.80 Å². The Hall–Kier alpha value is -1.73.